The molecule has 1 atom stereocenters. The number of ether oxygens (including phenoxy) is 1. The van der Waals surface area contributed by atoms with Gasteiger partial charge in [0.2, 0.25) is 0 Å². The van der Waals surface area contributed by atoms with Crippen LogP contribution in [-0.4, -0.2) is 33.3 Å². The molecule has 4 rings (SSSR count). The number of amides is 1. The number of aliphatic hydroxyl groups excluding tert-OH is 1. The van der Waals surface area contributed by atoms with Gasteiger partial charge in [0, 0.05) is 24.5 Å². The summed E-state index contributed by atoms with van der Waals surface area (Å²) in [5, 5.41) is 11.3. The number of carbonyl (C=O) groups excluding carboxylic acids is 2. The van der Waals surface area contributed by atoms with Crippen molar-refractivity contribution < 1.29 is 19.4 Å². The minimum atomic E-state index is -0.719. The van der Waals surface area contributed by atoms with Crippen LogP contribution < -0.4 is 4.74 Å². The fraction of sp³-hybridized carbons (Fsp3) is 0.276. The first-order chi connectivity index (χ1) is 16.8. The molecule has 0 unspecified atom stereocenters. The number of likely N-dealkylation sites (tertiary alicyclic amines) is 1. The molecule has 6 nitrogen and oxygen atoms in total. The summed E-state index contributed by atoms with van der Waals surface area (Å²) < 4.78 is 5.61. The lowest BCUT2D eigenvalue weighted by atomic mass is 9.93. The largest absolute Gasteiger partial charge is 0.507 e. The highest BCUT2D eigenvalue weighted by Gasteiger charge is 2.46. The zero-order chi connectivity index (χ0) is 25.1. The highest BCUT2D eigenvalue weighted by atomic mass is 16.5. The lowest BCUT2D eigenvalue weighted by Gasteiger charge is -2.25. The molecule has 1 saturated heterocycles. The normalized spacial score (nSPS) is 17.3. The molecule has 35 heavy (non-hydrogen) atoms. The SMILES string of the molecule is CCOc1ccc(C(O)=C2C(=O)C(=O)N(Cc3cccnc3)[C@H]2c2ccc(C(C)C)cc2)cc1C. The number of ketones is 1. The number of aliphatic hydroxyl groups is 1. The Hall–Kier alpha value is -3.93. The second-order valence-electron chi connectivity index (χ2n) is 9.02. The molecule has 180 valence electrons. The number of rotatable bonds is 7. The van der Waals surface area contributed by atoms with Gasteiger partial charge in [-0.25, -0.2) is 0 Å². The third-order valence-electron chi connectivity index (χ3n) is 6.28. The molecule has 0 radical (unpaired) electrons. The molecule has 1 aromatic heterocycles. The molecule has 0 spiro atoms. The standard InChI is InChI=1S/C29H30N2O4/c1-5-35-24-13-12-23(15-19(24)4)27(32)25-26(22-10-8-21(9-11-22)18(2)3)31(29(34)28(25)33)17-20-7-6-14-30-16-20/h6-16,18,26,32H,5,17H2,1-4H3/t26-/m0/s1. The third kappa shape index (κ3) is 4.83. The molecular formula is C29H30N2O4. The number of aryl methyl sites for hydroxylation is 1. The average molecular weight is 471 g/mol. The monoisotopic (exact) mass is 470 g/mol. The van der Waals surface area contributed by atoms with Crippen molar-refractivity contribution in [3.63, 3.8) is 0 Å². The number of nitrogens with zero attached hydrogens (tertiary/aromatic N) is 2. The minimum absolute atomic E-state index is 0.0831. The van der Waals surface area contributed by atoms with E-state index in [0.29, 0.717) is 23.8 Å². The van der Waals surface area contributed by atoms with E-state index in [0.717, 1.165) is 22.3 Å². The molecule has 2 aromatic carbocycles. The van der Waals surface area contributed by atoms with E-state index in [1.54, 1.807) is 36.7 Å². The van der Waals surface area contributed by atoms with Crippen molar-refractivity contribution in [1.29, 1.82) is 0 Å². The maximum atomic E-state index is 13.3. The molecule has 0 aliphatic carbocycles. The zero-order valence-electron chi connectivity index (χ0n) is 20.5. The molecule has 2 heterocycles. The maximum absolute atomic E-state index is 13.3. The fourth-order valence-corrected chi connectivity index (χ4v) is 4.41. The van der Waals surface area contributed by atoms with Crippen LogP contribution in [0.15, 0.2) is 72.6 Å². The topological polar surface area (TPSA) is 79.7 Å². The Morgan fingerprint density at radius 2 is 1.86 bits per heavy atom. The van der Waals surface area contributed by atoms with Gasteiger partial charge in [-0.2, -0.15) is 0 Å². The molecule has 6 heteroatoms. The van der Waals surface area contributed by atoms with Crippen molar-refractivity contribution in [2.24, 2.45) is 0 Å². The molecule has 1 N–H and O–H groups in total. The van der Waals surface area contributed by atoms with Crippen LogP contribution in [-0.2, 0) is 16.1 Å². The van der Waals surface area contributed by atoms with Crippen molar-refractivity contribution >= 4 is 17.4 Å². The van der Waals surface area contributed by atoms with Gasteiger partial charge < -0.3 is 14.7 Å². The third-order valence-corrected chi connectivity index (χ3v) is 6.28. The van der Waals surface area contributed by atoms with Gasteiger partial charge in [0.15, 0.2) is 0 Å². The number of hydrogen-bond acceptors (Lipinski definition) is 5. The molecular weight excluding hydrogens is 440 g/mol. The Kier molecular flexibility index (Phi) is 7.01. The van der Waals surface area contributed by atoms with Crippen LogP contribution in [0.5, 0.6) is 5.75 Å². The van der Waals surface area contributed by atoms with Crippen LogP contribution in [0.4, 0.5) is 0 Å². The fourth-order valence-electron chi connectivity index (χ4n) is 4.41. The van der Waals surface area contributed by atoms with Crippen molar-refractivity contribution in [3.8, 4) is 5.75 Å². The van der Waals surface area contributed by atoms with Gasteiger partial charge in [-0.1, -0.05) is 44.2 Å². The highest BCUT2D eigenvalue weighted by Crippen LogP contribution is 2.41. The maximum Gasteiger partial charge on any atom is 0.295 e. The number of carbonyl (C=O) groups is 2. The van der Waals surface area contributed by atoms with Gasteiger partial charge in [0.05, 0.1) is 18.2 Å². The Bertz CT molecular complexity index is 1260. The highest BCUT2D eigenvalue weighted by molar-refractivity contribution is 6.46. The van der Waals surface area contributed by atoms with Gasteiger partial charge in [-0.3, -0.25) is 14.6 Å². The molecule has 1 aliphatic rings. The molecule has 1 amide bonds. The summed E-state index contributed by atoms with van der Waals surface area (Å²) in [7, 11) is 0. The van der Waals surface area contributed by atoms with Gasteiger partial charge in [0.1, 0.15) is 11.5 Å². The van der Waals surface area contributed by atoms with Crippen LogP contribution in [0, 0.1) is 6.92 Å². The summed E-state index contributed by atoms with van der Waals surface area (Å²) in [6, 6.07) is 16.1. The molecule has 0 bridgehead atoms. The summed E-state index contributed by atoms with van der Waals surface area (Å²) in [4.78, 5) is 32.1. The van der Waals surface area contributed by atoms with E-state index in [4.69, 9.17) is 4.74 Å². The van der Waals surface area contributed by atoms with E-state index in [-0.39, 0.29) is 17.9 Å². The zero-order valence-corrected chi connectivity index (χ0v) is 20.5. The predicted octanol–water partition coefficient (Wildman–Crippen LogP) is 5.53. The van der Waals surface area contributed by atoms with E-state index in [1.165, 1.54) is 4.90 Å². The van der Waals surface area contributed by atoms with Crippen LogP contribution in [0.25, 0.3) is 5.76 Å². The van der Waals surface area contributed by atoms with Gasteiger partial charge in [0.25, 0.3) is 11.7 Å². The summed E-state index contributed by atoms with van der Waals surface area (Å²) in [6.45, 7) is 8.73. The first-order valence-corrected chi connectivity index (χ1v) is 11.8. The quantitative estimate of drug-likeness (QED) is 0.279. The lowest BCUT2D eigenvalue weighted by Crippen LogP contribution is -2.29. The second kappa shape index (κ2) is 10.1. The van der Waals surface area contributed by atoms with Crippen LogP contribution in [0.1, 0.15) is 60.5 Å². The van der Waals surface area contributed by atoms with E-state index in [2.05, 4.69) is 18.8 Å². The summed E-state index contributed by atoms with van der Waals surface area (Å²) in [5.41, 5.74) is 4.10. The number of hydrogen-bond donors (Lipinski definition) is 1. The average Bonchev–Trinajstić information content (AvgIpc) is 3.10. The summed E-state index contributed by atoms with van der Waals surface area (Å²) in [5.74, 6) is -0.479. The molecule has 1 fully saturated rings. The lowest BCUT2D eigenvalue weighted by molar-refractivity contribution is -0.140. The molecule has 3 aromatic rings. The number of Topliss-reactive ketones (excluding diaryl/α,β-unsaturated/α-hetero) is 1. The van der Waals surface area contributed by atoms with E-state index < -0.39 is 17.7 Å². The Labute approximate surface area is 205 Å². The van der Waals surface area contributed by atoms with Crippen molar-refractivity contribution in [2.75, 3.05) is 6.61 Å². The molecule has 1 aliphatic heterocycles. The number of benzene rings is 2. The summed E-state index contributed by atoms with van der Waals surface area (Å²) in [6.07, 6.45) is 3.34. The van der Waals surface area contributed by atoms with Crippen molar-refractivity contribution in [3.05, 3.63) is 100 Å². The van der Waals surface area contributed by atoms with Gasteiger partial charge in [-0.05, 0) is 66.3 Å². The first kappa shape index (κ1) is 24.2. The van der Waals surface area contributed by atoms with Crippen LogP contribution >= 0.6 is 0 Å². The van der Waals surface area contributed by atoms with Crippen molar-refractivity contribution in [1.82, 2.24) is 9.88 Å². The second-order valence-corrected chi connectivity index (χ2v) is 9.02. The number of pyridine rings is 1. The summed E-state index contributed by atoms with van der Waals surface area (Å²) >= 11 is 0. The van der Waals surface area contributed by atoms with Gasteiger partial charge >= 0.3 is 0 Å². The van der Waals surface area contributed by atoms with Crippen LogP contribution in [0.2, 0.25) is 0 Å². The van der Waals surface area contributed by atoms with Gasteiger partial charge in [-0.15, -0.1) is 0 Å². The smallest absolute Gasteiger partial charge is 0.295 e. The minimum Gasteiger partial charge on any atom is -0.507 e. The van der Waals surface area contributed by atoms with E-state index in [1.807, 2.05) is 44.2 Å². The van der Waals surface area contributed by atoms with Crippen molar-refractivity contribution in [2.45, 2.75) is 46.2 Å². The Morgan fingerprint density at radius 1 is 1.11 bits per heavy atom. The van der Waals surface area contributed by atoms with Crippen LogP contribution in [0.3, 0.4) is 0 Å². The van der Waals surface area contributed by atoms with E-state index in [9.17, 15) is 14.7 Å². The molecule has 0 saturated carbocycles. The first-order valence-electron chi connectivity index (χ1n) is 11.8. The number of aromatic nitrogens is 1. The van der Waals surface area contributed by atoms with E-state index >= 15 is 0 Å². The Balaban J connectivity index is 1.84. The Morgan fingerprint density at radius 3 is 2.46 bits per heavy atom. The predicted molar refractivity (Wildman–Crippen MR) is 135 cm³/mol.